The summed E-state index contributed by atoms with van der Waals surface area (Å²) in [4.78, 5) is 14.9. The molecule has 0 aliphatic carbocycles. The van der Waals surface area contributed by atoms with Gasteiger partial charge in [0.1, 0.15) is 5.82 Å². The number of anilines is 1. The first-order chi connectivity index (χ1) is 11.1. The number of aromatic nitrogens is 1. The van der Waals surface area contributed by atoms with Crippen molar-refractivity contribution in [3.8, 4) is 0 Å². The summed E-state index contributed by atoms with van der Waals surface area (Å²) in [5.41, 5.74) is 0.790. The van der Waals surface area contributed by atoms with Crippen LogP contribution in [0.25, 0.3) is 10.9 Å². The van der Waals surface area contributed by atoms with E-state index in [1.165, 1.54) is 12.1 Å². The lowest BCUT2D eigenvalue weighted by Gasteiger charge is -2.17. The van der Waals surface area contributed by atoms with Crippen molar-refractivity contribution < 1.29 is 14.4 Å². The topological polar surface area (TPSA) is 86.5 Å². The van der Waals surface area contributed by atoms with E-state index in [9.17, 15) is 10.1 Å². The van der Waals surface area contributed by atoms with Crippen LogP contribution >= 0.6 is 0 Å². The third kappa shape index (κ3) is 3.94. The molecule has 2 aromatic rings. The maximum Gasteiger partial charge on any atom is 0.270 e. The highest BCUT2D eigenvalue weighted by atomic mass is 16.6. The highest BCUT2D eigenvalue weighted by Crippen LogP contribution is 2.21. The van der Waals surface area contributed by atoms with Gasteiger partial charge in [-0.25, -0.2) is 4.98 Å². The van der Waals surface area contributed by atoms with Crippen molar-refractivity contribution in [2.45, 2.75) is 25.5 Å². The van der Waals surface area contributed by atoms with Gasteiger partial charge in [-0.15, -0.1) is 0 Å². The summed E-state index contributed by atoms with van der Waals surface area (Å²) in [6, 6.07) is 8.41. The number of non-ortho nitro benzene ring substituents is 1. The van der Waals surface area contributed by atoms with Crippen LogP contribution in [0.1, 0.15) is 13.3 Å². The Hall–Kier alpha value is -2.25. The summed E-state index contributed by atoms with van der Waals surface area (Å²) in [7, 11) is 0. The molecular formula is C16H19N3O4. The predicted molar refractivity (Wildman–Crippen MR) is 86.7 cm³/mol. The molecule has 1 aromatic heterocycles. The summed E-state index contributed by atoms with van der Waals surface area (Å²) in [6.07, 6.45) is 1.13. The number of rotatable bonds is 6. The fraction of sp³-hybridized carbons (Fsp3) is 0.438. The molecule has 122 valence electrons. The smallest absolute Gasteiger partial charge is 0.270 e. The van der Waals surface area contributed by atoms with Gasteiger partial charge in [0, 0.05) is 30.2 Å². The molecule has 1 N–H and O–H groups in total. The quantitative estimate of drug-likeness (QED) is 0.651. The molecule has 2 heterocycles. The summed E-state index contributed by atoms with van der Waals surface area (Å²) in [5, 5.41) is 14.8. The van der Waals surface area contributed by atoms with Crippen LogP contribution in [0, 0.1) is 10.1 Å². The van der Waals surface area contributed by atoms with Crippen molar-refractivity contribution in [2.75, 3.05) is 25.1 Å². The van der Waals surface area contributed by atoms with Crippen LogP contribution in [-0.2, 0) is 9.47 Å². The van der Waals surface area contributed by atoms with E-state index < -0.39 is 4.92 Å². The molecule has 0 bridgehead atoms. The van der Waals surface area contributed by atoms with Crippen LogP contribution in [0.3, 0.4) is 0 Å². The fourth-order valence-corrected chi connectivity index (χ4v) is 2.53. The molecule has 0 spiro atoms. The SMILES string of the molecule is CC(COC1CCOC1)Nc1ccc2cc([N+](=O)[O-])ccc2n1. The minimum atomic E-state index is -0.405. The average molecular weight is 317 g/mol. The van der Waals surface area contributed by atoms with Crippen molar-refractivity contribution in [2.24, 2.45) is 0 Å². The monoisotopic (exact) mass is 317 g/mol. The third-order valence-electron chi connectivity index (χ3n) is 3.75. The number of fused-ring (bicyclic) bond motifs is 1. The van der Waals surface area contributed by atoms with Gasteiger partial charge in [-0.05, 0) is 31.5 Å². The Morgan fingerprint density at radius 1 is 1.48 bits per heavy atom. The zero-order chi connectivity index (χ0) is 16.2. The van der Waals surface area contributed by atoms with E-state index in [2.05, 4.69) is 10.3 Å². The second-order valence-corrected chi connectivity index (χ2v) is 5.69. The number of hydrogen-bond donors (Lipinski definition) is 1. The molecule has 2 atom stereocenters. The molecule has 1 aromatic carbocycles. The van der Waals surface area contributed by atoms with Gasteiger partial charge in [0.2, 0.25) is 0 Å². The lowest BCUT2D eigenvalue weighted by molar-refractivity contribution is -0.384. The molecule has 2 unspecified atom stereocenters. The van der Waals surface area contributed by atoms with E-state index in [1.807, 2.05) is 19.1 Å². The number of nitrogens with zero attached hydrogens (tertiary/aromatic N) is 2. The Labute approximate surface area is 133 Å². The Kier molecular flexibility index (Phi) is 4.68. The van der Waals surface area contributed by atoms with Gasteiger partial charge >= 0.3 is 0 Å². The molecule has 1 aliphatic heterocycles. The Balaban J connectivity index is 1.63. The van der Waals surface area contributed by atoms with Crippen molar-refractivity contribution in [3.63, 3.8) is 0 Å². The Morgan fingerprint density at radius 3 is 3.09 bits per heavy atom. The van der Waals surface area contributed by atoms with Crippen LogP contribution in [0.15, 0.2) is 30.3 Å². The van der Waals surface area contributed by atoms with Crippen molar-refractivity contribution in [3.05, 3.63) is 40.4 Å². The van der Waals surface area contributed by atoms with Gasteiger partial charge in [0.25, 0.3) is 5.69 Å². The second-order valence-electron chi connectivity index (χ2n) is 5.69. The van der Waals surface area contributed by atoms with Gasteiger partial charge in [0.05, 0.1) is 29.8 Å². The first-order valence-corrected chi connectivity index (χ1v) is 7.63. The highest BCUT2D eigenvalue weighted by molar-refractivity contribution is 5.82. The van der Waals surface area contributed by atoms with Crippen LogP contribution in [0.5, 0.6) is 0 Å². The van der Waals surface area contributed by atoms with Crippen LogP contribution in [0.2, 0.25) is 0 Å². The number of pyridine rings is 1. The molecule has 23 heavy (non-hydrogen) atoms. The van der Waals surface area contributed by atoms with E-state index in [0.717, 1.165) is 29.7 Å². The van der Waals surface area contributed by atoms with Crippen molar-refractivity contribution in [1.29, 1.82) is 0 Å². The molecule has 1 aliphatic rings. The van der Waals surface area contributed by atoms with E-state index in [-0.39, 0.29) is 17.8 Å². The Bertz CT molecular complexity index is 701. The number of ether oxygens (including phenoxy) is 2. The summed E-state index contributed by atoms with van der Waals surface area (Å²) in [5.74, 6) is 0.727. The largest absolute Gasteiger partial charge is 0.379 e. The van der Waals surface area contributed by atoms with Crippen LogP contribution < -0.4 is 5.32 Å². The fourth-order valence-electron chi connectivity index (χ4n) is 2.53. The minimum Gasteiger partial charge on any atom is -0.379 e. The van der Waals surface area contributed by atoms with E-state index in [4.69, 9.17) is 9.47 Å². The molecule has 1 saturated heterocycles. The number of nitro benzene ring substituents is 1. The first-order valence-electron chi connectivity index (χ1n) is 7.63. The Morgan fingerprint density at radius 2 is 2.35 bits per heavy atom. The number of benzene rings is 1. The number of hydrogen-bond acceptors (Lipinski definition) is 6. The van der Waals surface area contributed by atoms with E-state index in [0.29, 0.717) is 13.2 Å². The standard InChI is InChI=1S/C16H19N3O4/c1-11(9-23-14-6-7-22-10-14)17-16-5-2-12-8-13(19(20)21)3-4-15(12)18-16/h2-5,8,11,14H,6-7,9-10H2,1H3,(H,17,18). The second kappa shape index (κ2) is 6.89. The van der Waals surface area contributed by atoms with Crippen LogP contribution in [-0.4, -0.2) is 41.9 Å². The molecule has 3 rings (SSSR count). The van der Waals surface area contributed by atoms with Gasteiger partial charge in [0.15, 0.2) is 0 Å². The van der Waals surface area contributed by atoms with Crippen LogP contribution in [0.4, 0.5) is 11.5 Å². The van der Waals surface area contributed by atoms with Gasteiger partial charge in [-0.1, -0.05) is 0 Å². The zero-order valence-electron chi connectivity index (χ0n) is 12.9. The van der Waals surface area contributed by atoms with Gasteiger partial charge < -0.3 is 14.8 Å². The average Bonchev–Trinajstić information content (AvgIpc) is 3.06. The number of nitro groups is 1. The summed E-state index contributed by atoms with van der Waals surface area (Å²) >= 11 is 0. The molecule has 0 radical (unpaired) electrons. The van der Waals surface area contributed by atoms with Crippen molar-refractivity contribution in [1.82, 2.24) is 4.98 Å². The zero-order valence-corrected chi connectivity index (χ0v) is 12.9. The first kappa shape index (κ1) is 15.6. The summed E-state index contributed by atoms with van der Waals surface area (Å²) < 4.78 is 11.1. The maximum absolute atomic E-state index is 10.8. The maximum atomic E-state index is 10.8. The molecule has 7 heteroatoms. The highest BCUT2D eigenvalue weighted by Gasteiger charge is 2.17. The molecule has 1 fully saturated rings. The normalized spacial score (nSPS) is 18.9. The molecule has 0 saturated carbocycles. The minimum absolute atomic E-state index is 0.0700. The summed E-state index contributed by atoms with van der Waals surface area (Å²) in [6.45, 7) is 4.04. The lowest BCUT2D eigenvalue weighted by Crippen LogP contribution is -2.26. The lowest BCUT2D eigenvalue weighted by atomic mass is 10.2. The number of nitrogens with one attached hydrogen (secondary N) is 1. The molecule has 0 amide bonds. The van der Waals surface area contributed by atoms with Gasteiger partial charge in [-0.2, -0.15) is 0 Å². The molecule has 7 nitrogen and oxygen atoms in total. The van der Waals surface area contributed by atoms with E-state index in [1.54, 1.807) is 6.07 Å². The predicted octanol–water partition coefficient (Wildman–Crippen LogP) is 2.75. The third-order valence-corrected chi connectivity index (χ3v) is 3.75. The van der Waals surface area contributed by atoms with Gasteiger partial charge in [-0.3, -0.25) is 10.1 Å². The van der Waals surface area contributed by atoms with E-state index >= 15 is 0 Å². The molecular weight excluding hydrogens is 298 g/mol. The van der Waals surface area contributed by atoms with Crippen molar-refractivity contribution >= 4 is 22.4 Å².